The molecule has 0 spiro atoms. The molecule has 2 aromatic carbocycles. The molecule has 1 heterocycles. The summed E-state index contributed by atoms with van der Waals surface area (Å²) in [6.45, 7) is 4.15. The first-order valence-corrected chi connectivity index (χ1v) is 8.49. The van der Waals surface area contributed by atoms with Crippen LogP contribution in [0.5, 0.6) is 17.2 Å². The Morgan fingerprint density at radius 3 is 1.81 bits per heavy atom. The first-order valence-electron chi connectivity index (χ1n) is 8.49. The molecular weight excluding hydrogens is 342 g/mol. The van der Waals surface area contributed by atoms with Crippen LogP contribution >= 0.6 is 0 Å². The highest BCUT2D eigenvalue weighted by Gasteiger charge is 2.16. The van der Waals surface area contributed by atoms with Crippen molar-refractivity contribution in [2.24, 2.45) is 0 Å². The predicted octanol–water partition coefficient (Wildman–Crippen LogP) is 4.04. The molecule has 0 bridgehead atoms. The molecule has 0 radical (unpaired) electrons. The van der Waals surface area contributed by atoms with Crippen molar-refractivity contribution in [3.63, 3.8) is 0 Å². The van der Waals surface area contributed by atoms with Crippen LogP contribution in [-0.4, -0.2) is 31.3 Å². The zero-order chi connectivity index (χ0) is 19.6. The minimum absolute atomic E-state index is 0.203. The zero-order valence-corrected chi connectivity index (χ0v) is 16.2. The molecule has 0 saturated heterocycles. The Kier molecular flexibility index (Phi) is 5.16. The van der Waals surface area contributed by atoms with Crippen molar-refractivity contribution in [2.45, 2.75) is 13.8 Å². The Morgan fingerprint density at radius 2 is 1.30 bits per heavy atom. The number of hydrogen-bond acceptors (Lipinski definition) is 6. The highest BCUT2D eigenvalue weighted by molar-refractivity contribution is 5.73. The third-order valence-corrected chi connectivity index (χ3v) is 4.51. The summed E-state index contributed by atoms with van der Waals surface area (Å²) in [4.78, 5) is 8.79. The van der Waals surface area contributed by atoms with Crippen LogP contribution in [0.15, 0.2) is 36.4 Å². The summed E-state index contributed by atoms with van der Waals surface area (Å²) in [7, 11) is 4.73. The lowest BCUT2D eigenvalue weighted by Crippen LogP contribution is -2.00. The molecule has 1 aromatic heterocycles. The second-order valence-corrected chi connectivity index (χ2v) is 6.21. The van der Waals surface area contributed by atoms with Crippen LogP contribution < -0.4 is 19.9 Å². The van der Waals surface area contributed by atoms with Crippen molar-refractivity contribution >= 4 is 5.95 Å². The Labute approximate surface area is 158 Å². The number of benzene rings is 2. The molecule has 140 valence electrons. The third kappa shape index (κ3) is 3.65. The normalized spacial score (nSPS) is 10.6. The largest absolute Gasteiger partial charge is 0.493 e. The topological polar surface area (TPSA) is 79.5 Å². The van der Waals surface area contributed by atoms with Gasteiger partial charge in [-0.2, -0.15) is 0 Å². The average molecular weight is 365 g/mol. The van der Waals surface area contributed by atoms with Gasteiger partial charge < -0.3 is 19.9 Å². The smallest absolute Gasteiger partial charge is 0.221 e. The Morgan fingerprint density at radius 1 is 0.704 bits per heavy atom. The van der Waals surface area contributed by atoms with Crippen LogP contribution in [0.4, 0.5) is 5.95 Å². The first-order chi connectivity index (χ1) is 13.0. The van der Waals surface area contributed by atoms with Gasteiger partial charge >= 0.3 is 0 Å². The van der Waals surface area contributed by atoms with Crippen molar-refractivity contribution in [1.82, 2.24) is 9.97 Å². The number of rotatable bonds is 5. The number of nitrogens with two attached hydrogens (primary N) is 1. The van der Waals surface area contributed by atoms with Crippen molar-refractivity contribution in [2.75, 3.05) is 27.1 Å². The second kappa shape index (κ2) is 7.53. The SMILES string of the molecule is COc1cc(-c2cc(-c3ccc(C)c(C)c3)nc(N)n2)cc(OC)c1OC. The van der Waals surface area contributed by atoms with E-state index in [0.29, 0.717) is 22.9 Å². The van der Waals surface area contributed by atoms with E-state index in [4.69, 9.17) is 19.9 Å². The molecule has 0 amide bonds. The van der Waals surface area contributed by atoms with E-state index in [1.54, 1.807) is 21.3 Å². The van der Waals surface area contributed by atoms with E-state index in [2.05, 4.69) is 35.9 Å². The highest BCUT2D eigenvalue weighted by atomic mass is 16.5. The number of nitrogens with zero attached hydrogens (tertiary/aromatic N) is 2. The summed E-state index contributed by atoms with van der Waals surface area (Å²) in [6, 6.07) is 11.8. The number of anilines is 1. The monoisotopic (exact) mass is 365 g/mol. The summed E-state index contributed by atoms with van der Waals surface area (Å²) < 4.78 is 16.3. The van der Waals surface area contributed by atoms with Gasteiger partial charge in [-0.3, -0.25) is 0 Å². The van der Waals surface area contributed by atoms with Gasteiger partial charge in [0.2, 0.25) is 11.7 Å². The van der Waals surface area contributed by atoms with E-state index in [0.717, 1.165) is 16.8 Å². The van der Waals surface area contributed by atoms with Gasteiger partial charge in [-0.15, -0.1) is 0 Å². The molecule has 27 heavy (non-hydrogen) atoms. The molecule has 6 heteroatoms. The lowest BCUT2D eigenvalue weighted by Gasteiger charge is -2.14. The molecule has 0 aliphatic rings. The van der Waals surface area contributed by atoms with Gasteiger partial charge in [-0.25, -0.2) is 9.97 Å². The van der Waals surface area contributed by atoms with Crippen LogP contribution in [0.1, 0.15) is 11.1 Å². The summed E-state index contributed by atoms with van der Waals surface area (Å²) in [5.41, 5.74) is 11.6. The van der Waals surface area contributed by atoms with Gasteiger partial charge in [0, 0.05) is 11.1 Å². The minimum Gasteiger partial charge on any atom is -0.493 e. The van der Waals surface area contributed by atoms with Crippen molar-refractivity contribution in [1.29, 1.82) is 0 Å². The molecule has 0 aliphatic carbocycles. The summed E-state index contributed by atoms with van der Waals surface area (Å²) in [5.74, 6) is 1.84. The van der Waals surface area contributed by atoms with E-state index in [-0.39, 0.29) is 5.95 Å². The predicted molar refractivity (Wildman–Crippen MR) is 106 cm³/mol. The highest BCUT2D eigenvalue weighted by Crippen LogP contribution is 2.41. The van der Waals surface area contributed by atoms with Gasteiger partial charge in [0.25, 0.3) is 0 Å². The molecule has 3 rings (SSSR count). The lowest BCUT2D eigenvalue weighted by molar-refractivity contribution is 0.324. The van der Waals surface area contributed by atoms with Crippen LogP contribution in [-0.2, 0) is 0 Å². The Balaban J connectivity index is 2.15. The first kappa shape index (κ1) is 18.5. The number of ether oxygens (including phenoxy) is 3. The number of aryl methyl sites for hydroxylation is 2. The summed E-state index contributed by atoms with van der Waals surface area (Å²) in [5, 5.41) is 0. The van der Waals surface area contributed by atoms with E-state index in [9.17, 15) is 0 Å². The third-order valence-electron chi connectivity index (χ3n) is 4.51. The minimum atomic E-state index is 0.203. The van der Waals surface area contributed by atoms with Gasteiger partial charge in [0.1, 0.15) is 0 Å². The fourth-order valence-corrected chi connectivity index (χ4v) is 2.89. The van der Waals surface area contributed by atoms with Gasteiger partial charge in [0.15, 0.2) is 11.5 Å². The van der Waals surface area contributed by atoms with Crippen molar-refractivity contribution < 1.29 is 14.2 Å². The molecule has 0 fully saturated rings. The van der Waals surface area contributed by atoms with E-state index in [1.807, 2.05) is 24.3 Å². The van der Waals surface area contributed by atoms with Gasteiger partial charge in [-0.1, -0.05) is 12.1 Å². The Hall–Kier alpha value is -3.28. The number of nitrogen functional groups attached to an aromatic ring is 1. The standard InChI is InChI=1S/C21H23N3O3/c1-12-6-7-14(8-13(12)2)16-11-17(24-21(22)23-16)15-9-18(25-3)20(27-5)19(10-15)26-4/h6-11H,1-5H3,(H2,22,23,24). The number of hydrogen-bond donors (Lipinski definition) is 1. The lowest BCUT2D eigenvalue weighted by atomic mass is 10.0. The maximum Gasteiger partial charge on any atom is 0.221 e. The fraction of sp³-hybridized carbons (Fsp3) is 0.238. The summed E-state index contributed by atoms with van der Waals surface area (Å²) >= 11 is 0. The van der Waals surface area contributed by atoms with E-state index < -0.39 is 0 Å². The van der Waals surface area contributed by atoms with Gasteiger partial charge in [-0.05, 0) is 49.2 Å². The van der Waals surface area contributed by atoms with E-state index in [1.165, 1.54) is 11.1 Å². The maximum absolute atomic E-state index is 5.99. The molecular formula is C21H23N3O3. The molecule has 0 unspecified atom stereocenters. The average Bonchev–Trinajstić information content (AvgIpc) is 2.68. The van der Waals surface area contributed by atoms with Crippen molar-refractivity contribution in [3.05, 3.63) is 47.5 Å². The van der Waals surface area contributed by atoms with Crippen LogP contribution in [0.3, 0.4) is 0 Å². The molecule has 0 aliphatic heterocycles. The summed E-state index contributed by atoms with van der Waals surface area (Å²) in [6.07, 6.45) is 0. The zero-order valence-electron chi connectivity index (χ0n) is 16.2. The molecule has 6 nitrogen and oxygen atoms in total. The quantitative estimate of drug-likeness (QED) is 0.735. The van der Waals surface area contributed by atoms with E-state index >= 15 is 0 Å². The van der Waals surface area contributed by atoms with Crippen molar-refractivity contribution in [3.8, 4) is 39.8 Å². The fourth-order valence-electron chi connectivity index (χ4n) is 2.89. The van der Waals surface area contributed by atoms with Crippen LogP contribution in [0.25, 0.3) is 22.5 Å². The van der Waals surface area contributed by atoms with Crippen LogP contribution in [0.2, 0.25) is 0 Å². The van der Waals surface area contributed by atoms with Gasteiger partial charge in [0.05, 0.1) is 32.7 Å². The second-order valence-electron chi connectivity index (χ2n) is 6.21. The molecule has 3 aromatic rings. The number of methoxy groups -OCH3 is 3. The number of aromatic nitrogens is 2. The molecule has 0 atom stereocenters. The molecule has 0 saturated carbocycles. The van der Waals surface area contributed by atoms with Crippen LogP contribution in [0, 0.1) is 13.8 Å². The molecule has 2 N–H and O–H groups in total. The maximum atomic E-state index is 5.99. The Bertz CT molecular complexity index is 961.